The van der Waals surface area contributed by atoms with E-state index in [1.54, 1.807) is 0 Å². The molecule has 0 aromatic heterocycles. The highest BCUT2D eigenvalue weighted by molar-refractivity contribution is 6.11. The molecular formula is C11H18O7. The third-order valence-corrected chi connectivity index (χ3v) is 2.30. The predicted molar refractivity (Wildman–Crippen MR) is 59.6 cm³/mol. The van der Waals surface area contributed by atoms with Crippen molar-refractivity contribution < 1.29 is 34.4 Å². The molecule has 0 radical (unpaired) electrons. The van der Waals surface area contributed by atoms with Gasteiger partial charge in [0.2, 0.25) is 11.4 Å². The van der Waals surface area contributed by atoms with Crippen molar-refractivity contribution in [3.05, 3.63) is 0 Å². The lowest BCUT2D eigenvalue weighted by atomic mass is 9.88. The van der Waals surface area contributed by atoms with Gasteiger partial charge in [0.1, 0.15) is 12.2 Å². The van der Waals surface area contributed by atoms with Gasteiger partial charge in [-0.25, -0.2) is 4.79 Å². The van der Waals surface area contributed by atoms with Crippen LogP contribution in [-0.4, -0.2) is 57.3 Å². The summed E-state index contributed by atoms with van der Waals surface area (Å²) in [4.78, 5) is 34.5. The maximum absolute atomic E-state index is 11.6. The van der Waals surface area contributed by atoms with Gasteiger partial charge in [0.25, 0.3) is 0 Å². The minimum Gasteiger partial charge on any atom is -0.464 e. The molecule has 0 saturated heterocycles. The minimum absolute atomic E-state index is 0.100. The maximum atomic E-state index is 11.6. The summed E-state index contributed by atoms with van der Waals surface area (Å²) in [7, 11) is 0. The number of aliphatic hydroxyl groups is 3. The van der Waals surface area contributed by atoms with Gasteiger partial charge in [0.15, 0.2) is 5.78 Å². The van der Waals surface area contributed by atoms with Crippen molar-refractivity contribution in [2.45, 2.75) is 45.0 Å². The molecule has 0 aromatic rings. The highest BCUT2D eigenvalue weighted by Crippen LogP contribution is 2.18. The van der Waals surface area contributed by atoms with Crippen LogP contribution in [0.3, 0.4) is 0 Å². The second-order valence-electron chi connectivity index (χ2n) is 3.94. The van der Waals surface area contributed by atoms with Crippen molar-refractivity contribution in [1.29, 1.82) is 0 Å². The summed E-state index contributed by atoms with van der Waals surface area (Å²) in [5.41, 5.74) is -2.77. The molecule has 3 unspecified atom stereocenters. The van der Waals surface area contributed by atoms with E-state index in [1.807, 2.05) is 0 Å². The highest BCUT2D eigenvalue weighted by atomic mass is 16.5. The molecule has 0 heterocycles. The molecule has 0 aliphatic carbocycles. The Morgan fingerprint density at radius 2 is 1.67 bits per heavy atom. The zero-order chi connectivity index (χ0) is 14.5. The largest absolute Gasteiger partial charge is 0.464 e. The molecule has 0 fully saturated rings. The van der Waals surface area contributed by atoms with Crippen molar-refractivity contribution in [1.82, 2.24) is 0 Å². The van der Waals surface area contributed by atoms with Crippen molar-refractivity contribution in [2.24, 2.45) is 0 Å². The summed E-state index contributed by atoms with van der Waals surface area (Å²) >= 11 is 0. The van der Waals surface area contributed by atoms with E-state index < -0.39 is 41.8 Å². The van der Waals surface area contributed by atoms with Crippen LogP contribution >= 0.6 is 0 Å². The molecule has 7 nitrogen and oxygen atoms in total. The Hall–Kier alpha value is -1.31. The number of aliphatic hydroxyl groups excluding tert-OH is 2. The van der Waals surface area contributed by atoms with Gasteiger partial charge >= 0.3 is 5.97 Å². The van der Waals surface area contributed by atoms with Gasteiger partial charge in [-0.3, -0.25) is 9.59 Å². The standard InChI is InChI=1S/C11H18O7/c1-4-18-10(16)11(17,9(15)7(3)13)5-8(14)6(2)12/h6-7,12-13,17H,4-5H2,1-3H3. The second kappa shape index (κ2) is 6.58. The molecule has 7 heteroatoms. The van der Waals surface area contributed by atoms with Gasteiger partial charge in [-0.1, -0.05) is 0 Å². The number of hydrogen-bond donors (Lipinski definition) is 3. The number of ether oxygens (including phenoxy) is 1. The Balaban J connectivity index is 5.22. The molecular weight excluding hydrogens is 244 g/mol. The number of carbonyl (C=O) groups excluding carboxylic acids is 3. The first-order valence-electron chi connectivity index (χ1n) is 5.49. The van der Waals surface area contributed by atoms with Crippen LogP contribution in [0.5, 0.6) is 0 Å². The molecule has 0 rings (SSSR count). The average Bonchev–Trinajstić information content (AvgIpc) is 2.27. The molecule has 0 spiro atoms. The lowest BCUT2D eigenvalue weighted by molar-refractivity contribution is -0.176. The fourth-order valence-corrected chi connectivity index (χ4v) is 1.26. The molecule has 18 heavy (non-hydrogen) atoms. The predicted octanol–water partition coefficient (Wildman–Crippen LogP) is -1.43. The molecule has 104 valence electrons. The topological polar surface area (TPSA) is 121 Å². The first-order valence-corrected chi connectivity index (χ1v) is 5.49. The molecule has 0 aliphatic heterocycles. The van der Waals surface area contributed by atoms with Crippen LogP contribution in [0, 0.1) is 0 Å². The van der Waals surface area contributed by atoms with E-state index in [9.17, 15) is 19.5 Å². The van der Waals surface area contributed by atoms with Gasteiger partial charge in [0, 0.05) is 0 Å². The van der Waals surface area contributed by atoms with E-state index in [2.05, 4.69) is 4.74 Å². The Morgan fingerprint density at radius 3 is 2.00 bits per heavy atom. The van der Waals surface area contributed by atoms with Crippen molar-refractivity contribution >= 4 is 17.5 Å². The molecule has 0 aliphatic rings. The van der Waals surface area contributed by atoms with Crippen LogP contribution in [0.1, 0.15) is 27.2 Å². The Bertz CT molecular complexity index is 334. The lowest BCUT2D eigenvalue weighted by Crippen LogP contribution is -2.53. The fraction of sp³-hybridized carbons (Fsp3) is 0.727. The lowest BCUT2D eigenvalue weighted by Gasteiger charge is -2.25. The van der Waals surface area contributed by atoms with Crippen LogP contribution in [0.25, 0.3) is 0 Å². The van der Waals surface area contributed by atoms with Gasteiger partial charge in [-0.05, 0) is 20.8 Å². The monoisotopic (exact) mass is 262 g/mol. The molecule has 0 saturated carbocycles. The highest BCUT2D eigenvalue weighted by Gasteiger charge is 2.48. The minimum atomic E-state index is -2.77. The summed E-state index contributed by atoms with van der Waals surface area (Å²) in [6, 6.07) is 0. The van der Waals surface area contributed by atoms with E-state index >= 15 is 0 Å². The smallest absolute Gasteiger partial charge is 0.346 e. The second-order valence-corrected chi connectivity index (χ2v) is 3.94. The Kier molecular flexibility index (Phi) is 6.10. The molecule has 0 amide bonds. The summed E-state index contributed by atoms with van der Waals surface area (Å²) in [6.07, 6.45) is -4.01. The van der Waals surface area contributed by atoms with Crippen molar-refractivity contribution in [2.75, 3.05) is 6.61 Å². The summed E-state index contributed by atoms with van der Waals surface area (Å²) < 4.78 is 4.50. The third-order valence-electron chi connectivity index (χ3n) is 2.30. The van der Waals surface area contributed by atoms with Crippen LogP contribution < -0.4 is 0 Å². The van der Waals surface area contributed by atoms with Crippen molar-refractivity contribution in [3.63, 3.8) is 0 Å². The summed E-state index contributed by atoms with van der Waals surface area (Å²) in [5.74, 6) is -3.46. The molecule has 0 aromatic carbocycles. The van der Waals surface area contributed by atoms with Gasteiger partial charge in [-0.2, -0.15) is 0 Å². The maximum Gasteiger partial charge on any atom is 0.346 e. The van der Waals surface area contributed by atoms with Crippen LogP contribution in [0.4, 0.5) is 0 Å². The average molecular weight is 262 g/mol. The first kappa shape index (κ1) is 16.7. The summed E-state index contributed by atoms with van der Waals surface area (Å²) in [5, 5.41) is 28.1. The number of ketones is 2. The van der Waals surface area contributed by atoms with Crippen LogP contribution in [0.15, 0.2) is 0 Å². The third kappa shape index (κ3) is 3.86. The molecule has 0 bridgehead atoms. The van der Waals surface area contributed by atoms with E-state index in [0.717, 1.165) is 13.8 Å². The number of hydrogen-bond acceptors (Lipinski definition) is 7. The first-order chi connectivity index (χ1) is 8.16. The number of Topliss-reactive ketones (excluding diaryl/α,β-unsaturated/α-hetero) is 2. The fourth-order valence-electron chi connectivity index (χ4n) is 1.26. The summed E-state index contributed by atoms with van der Waals surface area (Å²) in [6.45, 7) is 3.55. The molecule has 3 N–H and O–H groups in total. The van der Waals surface area contributed by atoms with E-state index in [0.29, 0.717) is 0 Å². The number of rotatable bonds is 7. The van der Waals surface area contributed by atoms with E-state index in [4.69, 9.17) is 10.2 Å². The SMILES string of the molecule is CCOC(=O)C(O)(CC(=O)C(C)O)C(=O)C(C)O. The van der Waals surface area contributed by atoms with E-state index in [1.165, 1.54) is 6.92 Å². The van der Waals surface area contributed by atoms with Crippen molar-refractivity contribution in [3.8, 4) is 0 Å². The number of carbonyl (C=O) groups is 3. The number of esters is 1. The zero-order valence-electron chi connectivity index (χ0n) is 10.5. The Morgan fingerprint density at radius 1 is 1.17 bits per heavy atom. The molecule has 3 atom stereocenters. The zero-order valence-corrected chi connectivity index (χ0v) is 10.5. The van der Waals surface area contributed by atoms with Crippen LogP contribution in [-0.2, 0) is 19.1 Å². The van der Waals surface area contributed by atoms with Gasteiger partial charge < -0.3 is 20.1 Å². The Labute approximate surface area is 104 Å². The normalized spacial score (nSPS) is 17.4. The van der Waals surface area contributed by atoms with Crippen LogP contribution in [0.2, 0.25) is 0 Å². The van der Waals surface area contributed by atoms with Gasteiger partial charge in [-0.15, -0.1) is 0 Å². The van der Waals surface area contributed by atoms with Gasteiger partial charge in [0.05, 0.1) is 13.0 Å². The van der Waals surface area contributed by atoms with E-state index in [-0.39, 0.29) is 6.61 Å². The quantitative estimate of drug-likeness (QED) is 0.380.